The Morgan fingerprint density at radius 1 is 0.900 bits per heavy atom. The number of hydrogen-bond donors (Lipinski definition) is 2. The number of hydrogen-bond acceptors (Lipinski definition) is 4. The quantitative estimate of drug-likeness (QED) is 0.829. The van der Waals surface area contributed by atoms with E-state index in [0.717, 1.165) is 0 Å². The largest absolute Gasteiger partial charge is 0.507 e. The van der Waals surface area contributed by atoms with Crippen LogP contribution in [0.4, 0.5) is 0 Å². The highest BCUT2D eigenvalue weighted by atomic mass is 35.5. The third-order valence-corrected chi connectivity index (χ3v) is 2.75. The van der Waals surface area contributed by atoms with Crippen LogP contribution in [0.2, 0.25) is 10.0 Å². The Labute approximate surface area is 125 Å². The number of phenolic OH excluding ortho intramolecular Hbond substituents is 2. The number of rotatable bonds is 2. The van der Waals surface area contributed by atoms with Gasteiger partial charge < -0.3 is 10.2 Å². The van der Waals surface area contributed by atoms with Crippen LogP contribution in [0, 0.1) is 0 Å². The monoisotopic (exact) mass is 312 g/mol. The van der Waals surface area contributed by atoms with Crippen molar-refractivity contribution in [1.82, 2.24) is 0 Å². The van der Waals surface area contributed by atoms with Gasteiger partial charge in [0.15, 0.2) is 12.6 Å². The van der Waals surface area contributed by atoms with E-state index in [4.69, 9.17) is 33.4 Å². The van der Waals surface area contributed by atoms with E-state index in [0.29, 0.717) is 23.2 Å². The van der Waals surface area contributed by atoms with Gasteiger partial charge in [-0.25, -0.2) is 0 Å². The van der Waals surface area contributed by atoms with Crippen molar-refractivity contribution in [3.8, 4) is 11.5 Å². The van der Waals surface area contributed by atoms with E-state index in [1.807, 2.05) is 0 Å². The second kappa shape index (κ2) is 7.53. The van der Waals surface area contributed by atoms with Crippen molar-refractivity contribution in [2.75, 3.05) is 0 Å². The molecule has 0 amide bonds. The summed E-state index contributed by atoms with van der Waals surface area (Å²) in [5, 5.41) is 18.4. The molecule has 0 radical (unpaired) electrons. The lowest BCUT2D eigenvalue weighted by Crippen LogP contribution is -1.81. The van der Waals surface area contributed by atoms with E-state index in [1.54, 1.807) is 18.2 Å². The molecular formula is C14H10Cl2O4. The lowest BCUT2D eigenvalue weighted by molar-refractivity contribution is 0.111. The van der Waals surface area contributed by atoms with Crippen molar-refractivity contribution < 1.29 is 19.8 Å². The Hall–Kier alpha value is -2.04. The minimum absolute atomic E-state index is 0.0347. The van der Waals surface area contributed by atoms with Gasteiger partial charge in [-0.1, -0.05) is 35.3 Å². The fraction of sp³-hybridized carbons (Fsp3) is 0. The van der Waals surface area contributed by atoms with Crippen LogP contribution in [-0.2, 0) is 0 Å². The Bertz CT molecular complexity index is 627. The molecular weight excluding hydrogens is 303 g/mol. The molecule has 0 heterocycles. The molecule has 2 aromatic carbocycles. The number of aromatic hydroxyl groups is 2. The van der Waals surface area contributed by atoms with E-state index >= 15 is 0 Å². The number of halogens is 2. The highest BCUT2D eigenvalue weighted by Gasteiger charge is 2.05. The van der Waals surface area contributed by atoms with Crippen molar-refractivity contribution in [1.29, 1.82) is 0 Å². The van der Waals surface area contributed by atoms with Crippen molar-refractivity contribution in [2.45, 2.75) is 0 Å². The van der Waals surface area contributed by atoms with Gasteiger partial charge in [0.2, 0.25) is 0 Å². The summed E-state index contributed by atoms with van der Waals surface area (Å²) in [6.45, 7) is 0. The molecule has 20 heavy (non-hydrogen) atoms. The van der Waals surface area contributed by atoms with Crippen LogP contribution in [0.3, 0.4) is 0 Å². The topological polar surface area (TPSA) is 74.6 Å². The first-order valence-electron chi connectivity index (χ1n) is 5.36. The van der Waals surface area contributed by atoms with Crippen LogP contribution in [-0.4, -0.2) is 22.8 Å². The molecule has 2 N–H and O–H groups in total. The van der Waals surface area contributed by atoms with Gasteiger partial charge in [-0.3, -0.25) is 9.59 Å². The number of benzene rings is 2. The number of carbonyl (C=O) groups excluding carboxylic acids is 2. The average Bonchev–Trinajstić information content (AvgIpc) is 2.44. The van der Waals surface area contributed by atoms with Gasteiger partial charge in [-0.15, -0.1) is 0 Å². The van der Waals surface area contributed by atoms with Crippen LogP contribution in [0.25, 0.3) is 0 Å². The van der Waals surface area contributed by atoms with Gasteiger partial charge in [0.1, 0.15) is 11.5 Å². The van der Waals surface area contributed by atoms with E-state index in [2.05, 4.69) is 0 Å². The summed E-state index contributed by atoms with van der Waals surface area (Å²) < 4.78 is 0. The second-order valence-corrected chi connectivity index (χ2v) is 4.46. The van der Waals surface area contributed by atoms with E-state index in [9.17, 15) is 9.59 Å². The zero-order valence-electron chi connectivity index (χ0n) is 10.1. The molecule has 4 nitrogen and oxygen atoms in total. The normalized spacial score (nSPS) is 9.30. The van der Waals surface area contributed by atoms with Gasteiger partial charge in [-0.05, 0) is 24.3 Å². The molecule has 2 aromatic rings. The Balaban J connectivity index is 0.000000204. The van der Waals surface area contributed by atoms with E-state index in [1.165, 1.54) is 18.2 Å². The van der Waals surface area contributed by atoms with Crippen LogP contribution < -0.4 is 0 Å². The Morgan fingerprint density at radius 2 is 1.50 bits per heavy atom. The second-order valence-electron chi connectivity index (χ2n) is 3.62. The van der Waals surface area contributed by atoms with Gasteiger partial charge in [0, 0.05) is 5.02 Å². The molecule has 0 aromatic heterocycles. The molecule has 0 spiro atoms. The zero-order valence-corrected chi connectivity index (χ0v) is 11.6. The van der Waals surface area contributed by atoms with Crippen molar-refractivity contribution in [3.63, 3.8) is 0 Å². The molecule has 0 unspecified atom stereocenters. The van der Waals surface area contributed by atoms with Crippen molar-refractivity contribution in [3.05, 3.63) is 57.6 Å². The molecule has 0 atom stereocenters. The van der Waals surface area contributed by atoms with Gasteiger partial charge in [-0.2, -0.15) is 0 Å². The fourth-order valence-corrected chi connectivity index (χ4v) is 1.77. The highest BCUT2D eigenvalue weighted by Crippen LogP contribution is 2.29. The minimum atomic E-state index is -0.230. The first-order valence-corrected chi connectivity index (χ1v) is 6.11. The third-order valence-electron chi connectivity index (χ3n) is 2.25. The maximum atomic E-state index is 10.3. The average molecular weight is 313 g/mol. The summed E-state index contributed by atoms with van der Waals surface area (Å²) in [7, 11) is 0. The Morgan fingerprint density at radius 3 is 2.00 bits per heavy atom. The van der Waals surface area contributed by atoms with Gasteiger partial charge >= 0.3 is 0 Å². The summed E-state index contributed by atoms with van der Waals surface area (Å²) in [5.41, 5.74) is 0.431. The molecule has 0 aliphatic rings. The SMILES string of the molecule is O=Cc1cc(Cl)cc(Cl)c1O.O=Cc1ccccc1O. The van der Waals surface area contributed by atoms with Gasteiger partial charge in [0.25, 0.3) is 0 Å². The number of carbonyl (C=O) groups is 2. The van der Waals surface area contributed by atoms with Crippen LogP contribution in [0.1, 0.15) is 20.7 Å². The van der Waals surface area contributed by atoms with Crippen LogP contribution in [0.5, 0.6) is 11.5 Å². The molecule has 0 aliphatic heterocycles. The minimum Gasteiger partial charge on any atom is -0.507 e. The maximum Gasteiger partial charge on any atom is 0.153 e. The summed E-state index contributed by atoms with van der Waals surface area (Å²) in [4.78, 5) is 20.3. The van der Waals surface area contributed by atoms with Crippen molar-refractivity contribution >= 4 is 35.8 Å². The molecule has 0 fully saturated rings. The van der Waals surface area contributed by atoms with Gasteiger partial charge in [0.05, 0.1) is 16.1 Å². The molecule has 0 saturated carbocycles. The lowest BCUT2D eigenvalue weighted by atomic mass is 10.2. The summed E-state index contributed by atoms with van der Waals surface area (Å²) in [5.74, 6) is -0.196. The zero-order chi connectivity index (χ0) is 15.1. The first-order chi connectivity index (χ1) is 9.49. The fourth-order valence-electron chi connectivity index (χ4n) is 1.26. The predicted molar refractivity (Wildman–Crippen MR) is 77.0 cm³/mol. The van der Waals surface area contributed by atoms with Crippen molar-refractivity contribution in [2.24, 2.45) is 0 Å². The van der Waals surface area contributed by atoms with E-state index in [-0.39, 0.29) is 22.1 Å². The number of aldehydes is 2. The predicted octanol–water partition coefficient (Wildman–Crippen LogP) is 3.72. The molecule has 0 aliphatic carbocycles. The molecule has 2 rings (SSSR count). The third kappa shape index (κ3) is 4.26. The highest BCUT2D eigenvalue weighted by molar-refractivity contribution is 6.36. The molecule has 0 saturated heterocycles. The molecule has 104 valence electrons. The Kier molecular flexibility index (Phi) is 6.03. The summed E-state index contributed by atoms with van der Waals surface area (Å²) in [6.07, 6.45) is 1.11. The van der Waals surface area contributed by atoms with Crippen LogP contribution >= 0.6 is 23.2 Å². The molecule has 6 heteroatoms. The lowest BCUT2D eigenvalue weighted by Gasteiger charge is -1.99. The smallest absolute Gasteiger partial charge is 0.153 e. The summed E-state index contributed by atoms with van der Waals surface area (Å²) in [6, 6.07) is 9.11. The molecule has 0 bridgehead atoms. The standard InChI is InChI=1S/C7H4Cl2O2.C7H6O2/c8-5-1-4(3-10)7(11)6(9)2-5;8-5-6-3-1-2-4-7(6)9/h1-3,11H;1-5,9H. The number of para-hydroxylation sites is 1. The number of phenols is 2. The first kappa shape index (κ1) is 16.0. The maximum absolute atomic E-state index is 10.3. The summed E-state index contributed by atoms with van der Waals surface area (Å²) >= 11 is 11.1. The van der Waals surface area contributed by atoms with E-state index < -0.39 is 0 Å². The van der Waals surface area contributed by atoms with Crippen LogP contribution in [0.15, 0.2) is 36.4 Å².